The molecule has 1 unspecified atom stereocenters. The van der Waals surface area contributed by atoms with Gasteiger partial charge in [-0.3, -0.25) is 9.59 Å². The molecular formula is C12H20N2O6. The van der Waals surface area contributed by atoms with Gasteiger partial charge in [0.1, 0.15) is 13.1 Å². The number of ether oxygens (including phenoxy) is 1. The molecule has 1 rings (SSSR count). The number of hydrogen-bond acceptors (Lipinski definition) is 4. The second-order valence-electron chi connectivity index (χ2n) is 4.84. The average Bonchev–Trinajstić information content (AvgIpc) is 2.37. The third-order valence-electron chi connectivity index (χ3n) is 3.11. The number of carbonyl (C=O) groups is 3. The molecule has 20 heavy (non-hydrogen) atoms. The molecule has 0 spiro atoms. The molecule has 114 valence electrons. The number of hydrogen-bond donors (Lipinski definition) is 2. The Bertz CT molecular complexity index is 355. The second kappa shape index (κ2) is 7.68. The Kier molecular flexibility index (Phi) is 6.23. The van der Waals surface area contributed by atoms with Gasteiger partial charge in [-0.1, -0.05) is 0 Å². The number of likely N-dealkylation sites (tertiary alicyclic amines) is 1. The molecule has 1 atom stereocenters. The van der Waals surface area contributed by atoms with E-state index in [2.05, 4.69) is 0 Å². The minimum Gasteiger partial charge on any atom is -0.480 e. The Morgan fingerprint density at radius 2 is 1.85 bits per heavy atom. The third kappa shape index (κ3) is 5.04. The summed E-state index contributed by atoms with van der Waals surface area (Å²) in [7, 11) is 1.59. The van der Waals surface area contributed by atoms with Crippen molar-refractivity contribution in [3.05, 3.63) is 0 Å². The van der Waals surface area contributed by atoms with E-state index in [1.54, 1.807) is 7.11 Å². The molecule has 1 fully saturated rings. The number of carbonyl (C=O) groups excluding carboxylic acids is 1. The first-order valence-electron chi connectivity index (χ1n) is 6.40. The minimum absolute atomic E-state index is 0.203. The van der Waals surface area contributed by atoms with Gasteiger partial charge in [-0.15, -0.1) is 0 Å². The van der Waals surface area contributed by atoms with Crippen LogP contribution in [-0.4, -0.2) is 77.9 Å². The summed E-state index contributed by atoms with van der Waals surface area (Å²) in [6.07, 6.45) is 1.74. The van der Waals surface area contributed by atoms with Gasteiger partial charge in [-0.2, -0.15) is 0 Å². The van der Waals surface area contributed by atoms with Gasteiger partial charge in [-0.05, 0) is 12.8 Å². The Morgan fingerprint density at radius 1 is 1.25 bits per heavy atom. The van der Waals surface area contributed by atoms with Crippen LogP contribution in [0.4, 0.5) is 4.79 Å². The highest BCUT2D eigenvalue weighted by Crippen LogP contribution is 2.18. The van der Waals surface area contributed by atoms with Gasteiger partial charge in [0.25, 0.3) is 0 Å². The molecule has 2 N–H and O–H groups in total. The van der Waals surface area contributed by atoms with E-state index in [0.29, 0.717) is 19.7 Å². The van der Waals surface area contributed by atoms with E-state index in [9.17, 15) is 14.4 Å². The molecule has 0 radical (unpaired) electrons. The molecule has 0 aliphatic carbocycles. The van der Waals surface area contributed by atoms with Crippen molar-refractivity contribution in [2.45, 2.75) is 12.8 Å². The molecule has 8 nitrogen and oxygen atoms in total. The third-order valence-corrected chi connectivity index (χ3v) is 3.11. The Hall–Kier alpha value is -1.83. The molecule has 2 amide bonds. The van der Waals surface area contributed by atoms with Crippen molar-refractivity contribution in [2.75, 3.05) is 39.9 Å². The van der Waals surface area contributed by atoms with Crippen LogP contribution in [-0.2, 0) is 14.3 Å². The highest BCUT2D eigenvalue weighted by molar-refractivity contribution is 5.84. The second-order valence-corrected chi connectivity index (χ2v) is 4.84. The van der Waals surface area contributed by atoms with Crippen LogP contribution in [0.25, 0.3) is 0 Å². The zero-order valence-corrected chi connectivity index (χ0v) is 11.4. The quantitative estimate of drug-likeness (QED) is 0.708. The maximum Gasteiger partial charge on any atom is 0.323 e. The highest BCUT2D eigenvalue weighted by Gasteiger charge is 2.29. The highest BCUT2D eigenvalue weighted by atomic mass is 16.5. The summed E-state index contributed by atoms with van der Waals surface area (Å²) in [6, 6.07) is -0.546. The molecule has 0 saturated carbocycles. The minimum atomic E-state index is -1.23. The van der Waals surface area contributed by atoms with Gasteiger partial charge in [0.2, 0.25) is 0 Å². The number of rotatable bonds is 6. The fourth-order valence-electron chi connectivity index (χ4n) is 2.33. The Balaban J connectivity index is 2.67. The molecule has 8 heteroatoms. The predicted octanol–water partition coefficient (Wildman–Crippen LogP) is -0.0640. The first kappa shape index (κ1) is 16.2. The molecule has 1 heterocycles. The summed E-state index contributed by atoms with van der Waals surface area (Å²) < 4.78 is 5.06. The lowest BCUT2D eigenvalue weighted by molar-refractivity contribution is -0.140. The maximum absolute atomic E-state index is 12.2. The van der Waals surface area contributed by atoms with Crippen molar-refractivity contribution in [3.8, 4) is 0 Å². The summed E-state index contributed by atoms with van der Waals surface area (Å²) in [5.41, 5.74) is 0. The fraction of sp³-hybridized carbons (Fsp3) is 0.750. The van der Waals surface area contributed by atoms with Crippen LogP contribution < -0.4 is 0 Å². The van der Waals surface area contributed by atoms with Crippen molar-refractivity contribution in [1.29, 1.82) is 0 Å². The Labute approximate surface area is 116 Å². The monoisotopic (exact) mass is 288 g/mol. The van der Waals surface area contributed by atoms with E-state index in [4.69, 9.17) is 14.9 Å². The topological polar surface area (TPSA) is 107 Å². The largest absolute Gasteiger partial charge is 0.480 e. The summed E-state index contributed by atoms with van der Waals surface area (Å²) in [4.78, 5) is 36.0. The first-order chi connectivity index (χ1) is 9.43. The van der Waals surface area contributed by atoms with E-state index in [-0.39, 0.29) is 5.92 Å². The van der Waals surface area contributed by atoms with Crippen molar-refractivity contribution in [2.24, 2.45) is 5.92 Å². The van der Waals surface area contributed by atoms with Crippen LogP contribution in [0.3, 0.4) is 0 Å². The zero-order chi connectivity index (χ0) is 15.1. The fourth-order valence-corrected chi connectivity index (χ4v) is 2.33. The first-order valence-corrected chi connectivity index (χ1v) is 6.40. The van der Waals surface area contributed by atoms with Crippen molar-refractivity contribution >= 4 is 18.0 Å². The van der Waals surface area contributed by atoms with Crippen LogP contribution in [0.2, 0.25) is 0 Å². The predicted molar refractivity (Wildman–Crippen MR) is 68.4 cm³/mol. The number of urea groups is 1. The number of piperidine rings is 1. The summed E-state index contributed by atoms with van der Waals surface area (Å²) in [6.45, 7) is 0.270. The molecule has 1 saturated heterocycles. The van der Waals surface area contributed by atoms with E-state index >= 15 is 0 Å². The number of aliphatic carboxylic acids is 2. The van der Waals surface area contributed by atoms with E-state index in [1.807, 2.05) is 0 Å². The summed E-state index contributed by atoms with van der Waals surface area (Å²) in [5, 5.41) is 17.5. The van der Waals surface area contributed by atoms with Gasteiger partial charge < -0.3 is 24.7 Å². The van der Waals surface area contributed by atoms with Crippen molar-refractivity contribution in [1.82, 2.24) is 9.80 Å². The van der Waals surface area contributed by atoms with Crippen LogP contribution in [0.5, 0.6) is 0 Å². The molecule has 0 aromatic carbocycles. The summed E-state index contributed by atoms with van der Waals surface area (Å²) >= 11 is 0. The molecule has 0 aromatic heterocycles. The Morgan fingerprint density at radius 3 is 2.35 bits per heavy atom. The number of methoxy groups -OCH3 is 1. The summed E-state index contributed by atoms with van der Waals surface area (Å²) in [5.74, 6) is -2.26. The number of nitrogens with zero attached hydrogens (tertiary/aromatic N) is 2. The lowest BCUT2D eigenvalue weighted by Gasteiger charge is -2.35. The molecule has 1 aliphatic rings. The van der Waals surface area contributed by atoms with Crippen LogP contribution in [0, 0.1) is 5.92 Å². The standard InChI is InChI=1S/C12H20N2O6/c1-20-8-9-3-2-4-13(5-9)12(19)14(6-10(15)16)7-11(17)18/h9H,2-8H2,1H3,(H,15,16)(H,17,18). The van der Waals surface area contributed by atoms with Gasteiger partial charge in [0.15, 0.2) is 0 Å². The van der Waals surface area contributed by atoms with E-state index in [1.165, 1.54) is 4.90 Å². The number of carboxylic acids is 2. The zero-order valence-electron chi connectivity index (χ0n) is 11.4. The van der Waals surface area contributed by atoms with Crippen molar-refractivity contribution in [3.63, 3.8) is 0 Å². The van der Waals surface area contributed by atoms with Crippen LogP contribution in [0.1, 0.15) is 12.8 Å². The molecule has 1 aliphatic heterocycles. The SMILES string of the molecule is COCC1CCCN(C(=O)N(CC(=O)O)CC(=O)O)C1. The average molecular weight is 288 g/mol. The number of amides is 2. The molecule has 0 aromatic rings. The van der Waals surface area contributed by atoms with Crippen LogP contribution >= 0.6 is 0 Å². The van der Waals surface area contributed by atoms with Crippen molar-refractivity contribution < 1.29 is 29.3 Å². The van der Waals surface area contributed by atoms with Gasteiger partial charge in [-0.25, -0.2) is 4.79 Å². The van der Waals surface area contributed by atoms with Crippen LogP contribution in [0.15, 0.2) is 0 Å². The smallest absolute Gasteiger partial charge is 0.323 e. The maximum atomic E-state index is 12.2. The van der Waals surface area contributed by atoms with Gasteiger partial charge >= 0.3 is 18.0 Å². The lowest BCUT2D eigenvalue weighted by atomic mass is 9.99. The molecule has 0 bridgehead atoms. The molecular weight excluding hydrogens is 268 g/mol. The normalized spacial score (nSPS) is 18.6. The van der Waals surface area contributed by atoms with Gasteiger partial charge in [0, 0.05) is 26.1 Å². The van der Waals surface area contributed by atoms with E-state index < -0.39 is 31.1 Å². The van der Waals surface area contributed by atoms with Gasteiger partial charge in [0.05, 0.1) is 6.61 Å². The lowest BCUT2D eigenvalue weighted by Crippen LogP contribution is -2.50. The number of carboxylic acid groups (broad SMARTS) is 2. The van der Waals surface area contributed by atoms with E-state index in [0.717, 1.165) is 17.7 Å².